The van der Waals surface area contributed by atoms with Crippen LogP contribution in [0.25, 0.3) is 0 Å². The Bertz CT molecular complexity index is 372. The second-order valence-corrected chi connectivity index (χ2v) is 5.62. The number of ether oxygens (including phenoxy) is 1. The minimum Gasteiger partial charge on any atom is -0.374 e. The summed E-state index contributed by atoms with van der Waals surface area (Å²) >= 11 is 0. The number of carbonyl (C=O) groups excluding carboxylic acids is 1. The molecule has 0 saturated heterocycles. The van der Waals surface area contributed by atoms with Crippen molar-refractivity contribution in [3.05, 3.63) is 24.0 Å². The van der Waals surface area contributed by atoms with Crippen LogP contribution in [0.2, 0.25) is 0 Å². The van der Waals surface area contributed by atoms with Crippen molar-refractivity contribution in [3.63, 3.8) is 0 Å². The maximum absolute atomic E-state index is 11.7. The fraction of sp³-hybridized carbons (Fsp3) is 0.643. The Morgan fingerprint density at radius 2 is 2.06 bits per heavy atom. The molecule has 0 bridgehead atoms. The average Bonchev–Trinajstić information content (AvgIpc) is 2.63. The highest BCUT2D eigenvalue weighted by molar-refractivity contribution is 5.97. The van der Waals surface area contributed by atoms with Crippen LogP contribution >= 0.6 is 0 Å². The van der Waals surface area contributed by atoms with Gasteiger partial charge in [0.15, 0.2) is 5.78 Å². The number of ketones is 1. The second-order valence-electron chi connectivity index (χ2n) is 5.62. The van der Waals surface area contributed by atoms with Crippen LogP contribution in [0.5, 0.6) is 0 Å². The zero-order valence-corrected chi connectivity index (χ0v) is 11.5. The van der Waals surface area contributed by atoms with Crippen LogP contribution in [0.15, 0.2) is 18.5 Å². The van der Waals surface area contributed by atoms with Crippen LogP contribution in [-0.4, -0.2) is 22.6 Å². The first-order valence-electron chi connectivity index (χ1n) is 6.13. The lowest BCUT2D eigenvalue weighted by molar-refractivity contribution is -0.00680. The van der Waals surface area contributed by atoms with Gasteiger partial charge in [-0.25, -0.2) is 0 Å². The Balaban J connectivity index is 2.49. The fourth-order valence-corrected chi connectivity index (χ4v) is 1.52. The first kappa shape index (κ1) is 14.0. The first-order chi connectivity index (χ1) is 7.79. The number of aromatic nitrogens is 1. The minimum absolute atomic E-state index is 0.0525. The third kappa shape index (κ3) is 4.73. The average molecular weight is 237 g/mol. The molecule has 0 saturated carbocycles. The van der Waals surface area contributed by atoms with E-state index in [2.05, 4.69) is 0 Å². The molecule has 0 atom stereocenters. The number of nitrogens with zero attached hydrogens (tertiary/aromatic N) is 1. The number of Topliss-reactive ketones (excluding diaryl/α,β-unsaturated/α-hetero) is 1. The summed E-state index contributed by atoms with van der Waals surface area (Å²) < 4.78 is 7.65. The molecule has 0 aromatic carbocycles. The van der Waals surface area contributed by atoms with Gasteiger partial charge in [-0.2, -0.15) is 0 Å². The van der Waals surface area contributed by atoms with Crippen molar-refractivity contribution >= 4 is 5.78 Å². The van der Waals surface area contributed by atoms with E-state index in [9.17, 15) is 4.79 Å². The van der Waals surface area contributed by atoms with E-state index in [1.54, 1.807) is 0 Å². The lowest BCUT2D eigenvalue weighted by Gasteiger charge is -2.19. The SMILES string of the molecule is CC(C)C(=O)c1ccn(CCOC(C)(C)C)c1. The van der Waals surface area contributed by atoms with E-state index in [4.69, 9.17) is 4.74 Å². The zero-order chi connectivity index (χ0) is 13.1. The minimum atomic E-state index is -0.107. The van der Waals surface area contributed by atoms with Crippen molar-refractivity contribution in [3.8, 4) is 0 Å². The van der Waals surface area contributed by atoms with Gasteiger partial charge in [-0.05, 0) is 26.8 Å². The van der Waals surface area contributed by atoms with Crippen LogP contribution in [-0.2, 0) is 11.3 Å². The predicted octanol–water partition coefficient (Wildman–Crippen LogP) is 3.14. The number of hydrogen-bond acceptors (Lipinski definition) is 2. The van der Waals surface area contributed by atoms with Crippen molar-refractivity contribution in [2.45, 2.75) is 46.8 Å². The van der Waals surface area contributed by atoms with Gasteiger partial charge in [-0.3, -0.25) is 4.79 Å². The Labute approximate surface area is 104 Å². The fourth-order valence-electron chi connectivity index (χ4n) is 1.52. The molecule has 1 rings (SSSR count). The van der Waals surface area contributed by atoms with Gasteiger partial charge in [0.25, 0.3) is 0 Å². The smallest absolute Gasteiger partial charge is 0.166 e. The molecule has 0 N–H and O–H groups in total. The Morgan fingerprint density at radius 1 is 1.41 bits per heavy atom. The van der Waals surface area contributed by atoms with E-state index in [1.165, 1.54) is 0 Å². The molecular formula is C14H23NO2. The van der Waals surface area contributed by atoms with Crippen molar-refractivity contribution in [1.82, 2.24) is 4.57 Å². The molecule has 1 heterocycles. The second kappa shape index (κ2) is 5.50. The molecule has 1 aromatic heterocycles. The van der Waals surface area contributed by atoms with Crippen LogP contribution < -0.4 is 0 Å². The summed E-state index contributed by atoms with van der Waals surface area (Å²) in [6, 6.07) is 1.87. The maximum Gasteiger partial charge on any atom is 0.166 e. The molecular weight excluding hydrogens is 214 g/mol. The first-order valence-corrected chi connectivity index (χ1v) is 6.13. The standard InChI is InChI=1S/C14H23NO2/c1-11(2)13(16)12-6-7-15(10-12)8-9-17-14(3,4)5/h6-7,10-11H,8-9H2,1-5H3. The topological polar surface area (TPSA) is 31.2 Å². The number of hydrogen-bond donors (Lipinski definition) is 0. The lowest BCUT2D eigenvalue weighted by atomic mass is 10.0. The van der Waals surface area contributed by atoms with Crippen molar-refractivity contribution in [2.24, 2.45) is 5.92 Å². The van der Waals surface area contributed by atoms with E-state index >= 15 is 0 Å². The largest absolute Gasteiger partial charge is 0.374 e. The summed E-state index contributed by atoms with van der Waals surface area (Å²) in [5.74, 6) is 0.247. The molecule has 0 fully saturated rings. The van der Waals surface area contributed by atoms with Gasteiger partial charge in [-0.1, -0.05) is 13.8 Å². The molecule has 0 unspecified atom stereocenters. The highest BCUT2D eigenvalue weighted by Gasteiger charge is 2.12. The van der Waals surface area contributed by atoms with E-state index in [0.717, 1.165) is 12.1 Å². The molecule has 1 aromatic rings. The summed E-state index contributed by atoms with van der Waals surface area (Å²) in [7, 11) is 0. The van der Waals surface area contributed by atoms with Crippen LogP contribution in [0.1, 0.15) is 45.0 Å². The summed E-state index contributed by atoms with van der Waals surface area (Å²) in [4.78, 5) is 11.7. The third-order valence-corrected chi connectivity index (χ3v) is 2.44. The molecule has 3 nitrogen and oxygen atoms in total. The molecule has 3 heteroatoms. The van der Waals surface area contributed by atoms with E-state index < -0.39 is 0 Å². The maximum atomic E-state index is 11.7. The molecule has 0 spiro atoms. The highest BCUT2D eigenvalue weighted by atomic mass is 16.5. The Kier molecular flexibility index (Phi) is 4.52. The van der Waals surface area contributed by atoms with Gasteiger partial charge in [0.1, 0.15) is 0 Å². The van der Waals surface area contributed by atoms with E-state index in [-0.39, 0.29) is 17.3 Å². The monoisotopic (exact) mass is 237 g/mol. The third-order valence-electron chi connectivity index (χ3n) is 2.44. The van der Waals surface area contributed by atoms with Crippen LogP contribution in [0, 0.1) is 5.92 Å². The molecule has 96 valence electrons. The van der Waals surface area contributed by atoms with E-state index in [1.807, 2.05) is 57.6 Å². The summed E-state index contributed by atoms with van der Waals surface area (Å²) in [5, 5.41) is 0. The predicted molar refractivity (Wildman–Crippen MR) is 69.3 cm³/mol. The molecule has 0 aliphatic rings. The van der Waals surface area contributed by atoms with Crippen molar-refractivity contribution < 1.29 is 9.53 Å². The lowest BCUT2D eigenvalue weighted by Crippen LogP contribution is -2.21. The summed E-state index contributed by atoms with van der Waals surface area (Å²) in [6.45, 7) is 11.4. The van der Waals surface area contributed by atoms with Gasteiger partial charge in [-0.15, -0.1) is 0 Å². The normalized spacial score (nSPS) is 12.1. The van der Waals surface area contributed by atoms with Gasteiger partial charge in [0.05, 0.1) is 12.2 Å². The summed E-state index contributed by atoms with van der Waals surface area (Å²) in [6.07, 6.45) is 3.83. The van der Waals surface area contributed by atoms with Gasteiger partial charge >= 0.3 is 0 Å². The quantitative estimate of drug-likeness (QED) is 0.737. The van der Waals surface area contributed by atoms with Gasteiger partial charge in [0.2, 0.25) is 0 Å². The van der Waals surface area contributed by atoms with Gasteiger partial charge in [0, 0.05) is 30.4 Å². The number of carbonyl (C=O) groups is 1. The molecule has 0 amide bonds. The molecule has 0 aliphatic heterocycles. The molecule has 0 radical (unpaired) electrons. The highest BCUT2D eigenvalue weighted by Crippen LogP contribution is 2.10. The van der Waals surface area contributed by atoms with E-state index in [0.29, 0.717) is 6.61 Å². The van der Waals surface area contributed by atoms with Crippen molar-refractivity contribution in [1.29, 1.82) is 0 Å². The van der Waals surface area contributed by atoms with Gasteiger partial charge < -0.3 is 9.30 Å². The van der Waals surface area contributed by atoms with Crippen LogP contribution in [0.3, 0.4) is 0 Å². The summed E-state index contributed by atoms with van der Waals surface area (Å²) in [5.41, 5.74) is 0.680. The number of rotatable bonds is 5. The Hall–Kier alpha value is -1.09. The molecule has 0 aliphatic carbocycles. The molecule has 17 heavy (non-hydrogen) atoms. The Morgan fingerprint density at radius 3 is 2.59 bits per heavy atom. The van der Waals surface area contributed by atoms with Crippen LogP contribution in [0.4, 0.5) is 0 Å². The van der Waals surface area contributed by atoms with Crippen molar-refractivity contribution in [2.75, 3.05) is 6.61 Å². The zero-order valence-electron chi connectivity index (χ0n) is 11.5.